The first kappa shape index (κ1) is 21.0. The molecule has 0 N–H and O–H groups in total. The molecule has 7 heteroatoms. The Morgan fingerprint density at radius 2 is 1.85 bits per heavy atom. The Hall–Kier alpha value is -1.34. The van der Waals surface area contributed by atoms with Gasteiger partial charge >= 0.3 is 12.1 Å². The topological polar surface area (TPSA) is 74.3 Å². The first-order valence-electron chi connectivity index (χ1n) is 9.61. The number of amides is 1. The number of carbonyl (C=O) groups is 2. The van der Waals surface area contributed by atoms with E-state index in [2.05, 4.69) is 0 Å². The van der Waals surface area contributed by atoms with Crippen LogP contribution in [0.25, 0.3) is 0 Å². The van der Waals surface area contributed by atoms with Crippen LogP contribution in [0.2, 0.25) is 0 Å². The second-order valence-corrected chi connectivity index (χ2v) is 8.01. The molecule has 1 amide bonds. The summed E-state index contributed by atoms with van der Waals surface area (Å²) in [4.78, 5) is 26.1. The van der Waals surface area contributed by atoms with E-state index in [-0.39, 0.29) is 36.9 Å². The molecule has 0 aromatic rings. The highest BCUT2D eigenvalue weighted by molar-refractivity contribution is 5.73. The van der Waals surface area contributed by atoms with Gasteiger partial charge in [0.1, 0.15) is 5.60 Å². The van der Waals surface area contributed by atoms with Gasteiger partial charge in [-0.15, -0.1) is 0 Å². The minimum Gasteiger partial charge on any atom is -0.469 e. The summed E-state index contributed by atoms with van der Waals surface area (Å²) in [6.07, 6.45) is 5.12. The molecule has 0 aromatic heterocycles. The van der Waals surface area contributed by atoms with Crippen LogP contribution in [0, 0.1) is 0 Å². The van der Waals surface area contributed by atoms with Crippen molar-refractivity contribution in [1.29, 1.82) is 0 Å². The summed E-state index contributed by atoms with van der Waals surface area (Å²) in [6.45, 7) is 6.80. The predicted octanol–water partition coefficient (Wildman–Crippen LogP) is 3.25. The summed E-state index contributed by atoms with van der Waals surface area (Å²) in [5.74, 6) is -0.309. The van der Waals surface area contributed by atoms with E-state index in [1.807, 2.05) is 20.8 Å². The Morgan fingerprint density at radius 3 is 2.46 bits per heavy atom. The van der Waals surface area contributed by atoms with Gasteiger partial charge in [-0.2, -0.15) is 0 Å². The fourth-order valence-electron chi connectivity index (χ4n) is 3.51. The third-order valence-electron chi connectivity index (χ3n) is 4.75. The molecule has 3 atom stereocenters. The van der Waals surface area contributed by atoms with Gasteiger partial charge in [0.05, 0.1) is 20.1 Å². The Morgan fingerprint density at radius 1 is 1.12 bits per heavy atom. The smallest absolute Gasteiger partial charge is 0.410 e. The lowest BCUT2D eigenvalue weighted by atomic mass is 10.1. The molecule has 2 saturated heterocycles. The SMILES string of the molecule is COC(=O)C[C@@H]1CC[C@H](CCOC2CCCCO2)N1C(=O)OC(C)(C)C. The first-order chi connectivity index (χ1) is 12.3. The summed E-state index contributed by atoms with van der Waals surface area (Å²) in [6, 6.07) is -0.184. The van der Waals surface area contributed by atoms with E-state index >= 15 is 0 Å². The van der Waals surface area contributed by atoms with Crippen molar-refractivity contribution in [3.8, 4) is 0 Å². The number of hydrogen-bond donors (Lipinski definition) is 0. The molecule has 1 unspecified atom stereocenters. The van der Waals surface area contributed by atoms with Crippen molar-refractivity contribution in [2.45, 2.75) is 89.7 Å². The highest BCUT2D eigenvalue weighted by atomic mass is 16.7. The standard InChI is InChI=1S/C19H33NO6/c1-19(2,3)26-18(22)20-14(8-9-15(20)13-16(21)23-4)10-12-25-17-7-5-6-11-24-17/h14-15,17H,5-13H2,1-4H3/t14-,15+,17?/m1/s1. The predicted molar refractivity (Wildman–Crippen MR) is 95.7 cm³/mol. The Kier molecular flexibility index (Phi) is 7.70. The first-order valence-corrected chi connectivity index (χ1v) is 9.61. The molecule has 0 saturated carbocycles. The van der Waals surface area contributed by atoms with Crippen molar-refractivity contribution in [2.24, 2.45) is 0 Å². The molecule has 0 spiro atoms. The van der Waals surface area contributed by atoms with Gasteiger partial charge in [-0.25, -0.2) is 4.79 Å². The summed E-state index contributed by atoms with van der Waals surface area (Å²) >= 11 is 0. The van der Waals surface area contributed by atoms with Crippen molar-refractivity contribution in [3.63, 3.8) is 0 Å². The number of rotatable bonds is 6. The lowest BCUT2D eigenvalue weighted by molar-refractivity contribution is -0.164. The van der Waals surface area contributed by atoms with E-state index in [1.54, 1.807) is 4.90 Å². The van der Waals surface area contributed by atoms with E-state index < -0.39 is 5.60 Å². The maximum atomic E-state index is 12.7. The molecule has 2 aliphatic heterocycles. The molecular weight excluding hydrogens is 338 g/mol. The lowest BCUT2D eigenvalue weighted by Gasteiger charge is -2.32. The highest BCUT2D eigenvalue weighted by Gasteiger charge is 2.40. The van der Waals surface area contributed by atoms with Crippen molar-refractivity contribution < 1.29 is 28.5 Å². The Bertz CT molecular complexity index is 469. The number of likely N-dealkylation sites (tertiary alicyclic amines) is 1. The molecule has 0 aromatic carbocycles. The van der Waals surface area contributed by atoms with Crippen molar-refractivity contribution in [3.05, 3.63) is 0 Å². The van der Waals surface area contributed by atoms with E-state index in [9.17, 15) is 9.59 Å². The van der Waals surface area contributed by atoms with Crippen LogP contribution < -0.4 is 0 Å². The fourth-order valence-corrected chi connectivity index (χ4v) is 3.51. The molecule has 0 radical (unpaired) electrons. The van der Waals surface area contributed by atoms with Crippen LogP contribution >= 0.6 is 0 Å². The van der Waals surface area contributed by atoms with Crippen LogP contribution in [-0.4, -0.2) is 61.3 Å². The number of ether oxygens (including phenoxy) is 4. The molecular formula is C19H33NO6. The molecule has 2 fully saturated rings. The summed E-state index contributed by atoms with van der Waals surface area (Å²) in [5, 5.41) is 0. The zero-order valence-electron chi connectivity index (χ0n) is 16.5. The Labute approximate surface area is 156 Å². The summed E-state index contributed by atoms with van der Waals surface area (Å²) in [5.41, 5.74) is -0.577. The lowest BCUT2D eigenvalue weighted by Crippen LogP contribution is -2.45. The van der Waals surface area contributed by atoms with Crippen LogP contribution in [0.3, 0.4) is 0 Å². The van der Waals surface area contributed by atoms with E-state index in [0.29, 0.717) is 13.0 Å². The van der Waals surface area contributed by atoms with Gasteiger partial charge in [0, 0.05) is 18.7 Å². The molecule has 0 aliphatic carbocycles. The van der Waals surface area contributed by atoms with Gasteiger partial charge in [0.2, 0.25) is 0 Å². The molecule has 7 nitrogen and oxygen atoms in total. The molecule has 26 heavy (non-hydrogen) atoms. The summed E-state index contributed by atoms with van der Waals surface area (Å²) < 4.78 is 21.7. The van der Waals surface area contributed by atoms with Crippen LogP contribution in [-0.2, 0) is 23.7 Å². The molecule has 150 valence electrons. The second kappa shape index (κ2) is 9.55. The molecule has 2 rings (SSSR count). The quantitative estimate of drug-likeness (QED) is 0.667. The van der Waals surface area contributed by atoms with Gasteiger partial charge in [-0.05, 0) is 59.3 Å². The van der Waals surface area contributed by atoms with E-state index in [0.717, 1.165) is 38.7 Å². The monoisotopic (exact) mass is 371 g/mol. The third kappa shape index (κ3) is 6.43. The normalized spacial score (nSPS) is 26.6. The number of esters is 1. The molecule has 0 bridgehead atoms. The number of carbonyl (C=O) groups excluding carboxylic acids is 2. The number of hydrogen-bond acceptors (Lipinski definition) is 6. The van der Waals surface area contributed by atoms with Crippen molar-refractivity contribution in [1.82, 2.24) is 4.90 Å². The van der Waals surface area contributed by atoms with Crippen LogP contribution in [0.5, 0.6) is 0 Å². The fraction of sp³-hybridized carbons (Fsp3) is 0.895. The third-order valence-corrected chi connectivity index (χ3v) is 4.75. The molecule has 2 aliphatic rings. The van der Waals surface area contributed by atoms with E-state index in [4.69, 9.17) is 18.9 Å². The van der Waals surface area contributed by atoms with Crippen molar-refractivity contribution in [2.75, 3.05) is 20.3 Å². The van der Waals surface area contributed by atoms with Gasteiger partial charge in [-0.1, -0.05) is 0 Å². The van der Waals surface area contributed by atoms with Gasteiger partial charge in [0.25, 0.3) is 0 Å². The average molecular weight is 371 g/mol. The van der Waals surface area contributed by atoms with Crippen LogP contribution in [0.1, 0.15) is 65.7 Å². The maximum Gasteiger partial charge on any atom is 0.410 e. The van der Waals surface area contributed by atoms with Gasteiger partial charge in [-0.3, -0.25) is 4.79 Å². The Balaban J connectivity index is 1.93. The van der Waals surface area contributed by atoms with E-state index in [1.165, 1.54) is 7.11 Å². The number of nitrogens with zero attached hydrogens (tertiary/aromatic N) is 1. The highest BCUT2D eigenvalue weighted by Crippen LogP contribution is 2.31. The average Bonchev–Trinajstić information content (AvgIpc) is 2.97. The number of methoxy groups -OCH3 is 1. The van der Waals surface area contributed by atoms with Crippen molar-refractivity contribution >= 4 is 12.1 Å². The second-order valence-electron chi connectivity index (χ2n) is 8.01. The minimum absolute atomic E-state index is 0.00287. The zero-order chi connectivity index (χ0) is 19.2. The zero-order valence-corrected chi connectivity index (χ0v) is 16.5. The van der Waals surface area contributed by atoms with Crippen LogP contribution in [0.4, 0.5) is 4.79 Å². The largest absolute Gasteiger partial charge is 0.469 e. The van der Waals surface area contributed by atoms with Gasteiger partial charge in [0.15, 0.2) is 6.29 Å². The van der Waals surface area contributed by atoms with Crippen LogP contribution in [0.15, 0.2) is 0 Å². The maximum absolute atomic E-state index is 12.7. The van der Waals surface area contributed by atoms with Gasteiger partial charge < -0.3 is 23.8 Å². The minimum atomic E-state index is -0.577. The summed E-state index contributed by atoms with van der Waals surface area (Å²) in [7, 11) is 1.37. The molecule has 2 heterocycles.